The Morgan fingerprint density at radius 1 is 0.889 bits per heavy atom. The van der Waals surface area contributed by atoms with Gasteiger partial charge >= 0.3 is 0 Å². The number of hydrazine groups is 1. The Morgan fingerprint density at radius 3 is 2.17 bits per heavy atom. The summed E-state index contributed by atoms with van der Waals surface area (Å²) in [6.45, 7) is 0.811. The van der Waals surface area contributed by atoms with E-state index in [9.17, 15) is 0 Å². The van der Waals surface area contributed by atoms with Crippen molar-refractivity contribution in [2.75, 3.05) is 6.54 Å². The van der Waals surface area contributed by atoms with Crippen LogP contribution in [0.25, 0.3) is 11.1 Å². The molecule has 3 heteroatoms. The van der Waals surface area contributed by atoms with Gasteiger partial charge in [-0.05, 0) is 16.7 Å². The molecule has 1 saturated heterocycles. The van der Waals surface area contributed by atoms with Gasteiger partial charge in [-0.25, -0.2) is 5.43 Å². The van der Waals surface area contributed by atoms with E-state index in [2.05, 4.69) is 59.4 Å². The lowest BCUT2D eigenvalue weighted by Gasteiger charge is -2.15. The zero-order valence-electron chi connectivity index (χ0n) is 10.1. The fourth-order valence-electron chi connectivity index (χ4n) is 2.36. The molecule has 0 aliphatic carbocycles. The lowest BCUT2D eigenvalue weighted by Crippen LogP contribution is -2.29. The lowest BCUT2D eigenvalue weighted by atomic mass is 9.98. The van der Waals surface area contributed by atoms with Gasteiger partial charge < -0.3 is 5.73 Å². The van der Waals surface area contributed by atoms with Crippen LogP contribution < -0.4 is 16.6 Å². The fraction of sp³-hybridized carbons (Fsp3) is 0.200. The molecule has 1 aliphatic heterocycles. The minimum atomic E-state index is 0.132. The van der Waals surface area contributed by atoms with Gasteiger partial charge in [-0.15, -0.1) is 0 Å². The van der Waals surface area contributed by atoms with E-state index in [1.165, 1.54) is 16.7 Å². The second-order valence-corrected chi connectivity index (χ2v) is 4.65. The zero-order chi connectivity index (χ0) is 12.4. The molecule has 2 aromatic rings. The van der Waals surface area contributed by atoms with Crippen molar-refractivity contribution >= 4 is 0 Å². The smallest absolute Gasteiger partial charge is 0.0626 e. The zero-order valence-corrected chi connectivity index (χ0v) is 10.1. The van der Waals surface area contributed by atoms with Crippen molar-refractivity contribution < 1.29 is 0 Å². The first-order valence-electron chi connectivity index (χ1n) is 6.24. The summed E-state index contributed by atoms with van der Waals surface area (Å²) in [4.78, 5) is 0. The maximum Gasteiger partial charge on any atom is 0.0626 e. The quantitative estimate of drug-likeness (QED) is 0.749. The molecule has 0 saturated carbocycles. The number of benzene rings is 2. The summed E-state index contributed by atoms with van der Waals surface area (Å²) in [6, 6.07) is 19.3. The Labute approximate surface area is 107 Å². The molecule has 0 aromatic heterocycles. The topological polar surface area (TPSA) is 50.1 Å². The standard InChI is InChI=1S/C15H17N3/c16-14-10-17-18-15(14)13-8-6-12(7-9-13)11-4-2-1-3-5-11/h1-9,14-15,17-18H,10,16H2. The van der Waals surface area contributed by atoms with E-state index in [1.54, 1.807) is 0 Å². The normalized spacial score (nSPS) is 23.2. The van der Waals surface area contributed by atoms with Gasteiger partial charge in [0.25, 0.3) is 0 Å². The average molecular weight is 239 g/mol. The second-order valence-electron chi connectivity index (χ2n) is 4.65. The maximum atomic E-state index is 6.04. The third kappa shape index (κ3) is 2.16. The summed E-state index contributed by atoms with van der Waals surface area (Å²) >= 11 is 0. The maximum absolute atomic E-state index is 6.04. The van der Waals surface area contributed by atoms with Crippen LogP contribution in [0.1, 0.15) is 11.6 Å². The molecule has 0 amide bonds. The molecule has 1 heterocycles. The lowest BCUT2D eigenvalue weighted by molar-refractivity contribution is 0.551. The minimum absolute atomic E-state index is 0.132. The van der Waals surface area contributed by atoms with Gasteiger partial charge in [-0.1, -0.05) is 54.6 Å². The van der Waals surface area contributed by atoms with E-state index in [4.69, 9.17) is 5.73 Å². The number of nitrogens with two attached hydrogens (primary N) is 1. The van der Waals surface area contributed by atoms with Gasteiger partial charge in [-0.3, -0.25) is 5.43 Å². The van der Waals surface area contributed by atoms with Crippen LogP contribution in [0.2, 0.25) is 0 Å². The van der Waals surface area contributed by atoms with Gasteiger partial charge in [0.05, 0.1) is 6.04 Å². The number of hydrogen-bond acceptors (Lipinski definition) is 3. The first kappa shape index (κ1) is 11.4. The van der Waals surface area contributed by atoms with Crippen LogP contribution in [0, 0.1) is 0 Å². The van der Waals surface area contributed by atoms with Crippen LogP contribution in [-0.2, 0) is 0 Å². The van der Waals surface area contributed by atoms with Crippen molar-refractivity contribution in [3.05, 3.63) is 60.2 Å². The SMILES string of the molecule is NC1CNNC1c1ccc(-c2ccccc2)cc1. The van der Waals surface area contributed by atoms with E-state index in [1.807, 2.05) is 6.07 Å². The van der Waals surface area contributed by atoms with Gasteiger partial charge in [0, 0.05) is 12.6 Å². The molecule has 2 unspecified atom stereocenters. The Kier molecular flexibility index (Phi) is 3.11. The van der Waals surface area contributed by atoms with Crippen LogP contribution in [0.4, 0.5) is 0 Å². The molecule has 3 rings (SSSR count). The highest BCUT2D eigenvalue weighted by Crippen LogP contribution is 2.23. The van der Waals surface area contributed by atoms with Crippen molar-refractivity contribution in [3.63, 3.8) is 0 Å². The largest absolute Gasteiger partial charge is 0.325 e. The molecule has 18 heavy (non-hydrogen) atoms. The molecule has 0 bridgehead atoms. The van der Waals surface area contributed by atoms with Gasteiger partial charge in [0.15, 0.2) is 0 Å². The molecule has 0 radical (unpaired) electrons. The number of hydrogen-bond donors (Lipinski definition) is 3. The Balaban J connectivity index is 1.85. The average Bonchev–Trinajstić information content (AvgIpc) is 2.86. The van der Waals surface area contributed by atoms with Crippen molar-refractivity contribution in [1.29, 1.82) is 0 Å². The van der Waals surface area contributed by atoms with Crippen LogP contribution in [0.3, 0.4) is 0 Å². The molecule has 0 spiro atoms. The van der Waals surface area contributed by atoms with Crippen LogP contribution in [0.15, 0.2) is 54.6 Å². The predicted octanol–water partition coefficient (Wildman–Crippen LogP) is 1.83. The summed E-state index contributed by atoms with van der Waals surface area (Å²) in [6.07, 6.45) is 0. The Bertz CT molecular complexity index is 507. The molecular formula is C15H17N3. The van der Waals surface area contributed by atoms with Crippen LogP contribution >= 0.6 is 0 Å². The Morgan fingerprint density at radius 2 is 1.56 bits per heavy atom. The highest BCUT2D eigenvalue weighted by molar-refractivity contribution is 5.63. The third-order valence-electron chi connectivity index (χ3n) is 3.40. The first-order chi connectivity index (χ1) is 8.84. The van der Waals surface area contributed by atoms with E-state index >= 15 is 0 Å². The van der Waals surface area contributed by atoms with Crippen molar-refractivity contribution in [2.24, 2.45) is 5.73 Å². The summed E-state index contributed by atoms with van der Waals surface area (Å²) in [5, 5.41) is 0. The molecule has 4 N–H and O–H groups in total. The number of rotatable bonds is 2. The summed E-state index contributed by atoms with van der Waals surface area (Å²) in [7, 11) is 0. The molecule has 1 aliphatic rings. The van der Waals surface area contributed by atoms with E-state index in [-0.39, 0.29) is 12.1 Å². The van der Waals surface area contributed by atoms with E-state index in [0.29, 0.717) is 0 Å². The summed E-state index contributed by atoms with van der Waals surface area (Å²) in [5.41, 5.74) is 16.0. The van der Waals surface area contributed by atoms with Gasteiger partial charge in [-0.2, -0.15) is 0 Å². The summed E-state index contributed by atoms with van der Waals surface area (Å²) < 4.78 is 0. The van der Waals surface area contributed by atoms with Crippen molar-refractivity contribution in [3.8, 4) is 11.1 Å². The predicted molar refractivity (Wildman–Crippen MR) is 73.7 cm³/mol. The highest BCUT2D eigenvalue weighted by Gasteiger charge is 2.24. The molecule has 92 valence electrons. The van der Waals surface area contributed by atoms with E-state index in [0.717, 1.165) is 6.54 Å². The van der Waals surface area contributed by atoms with Gasteiger partial charge in [0.1, 0.15) is 0 Å². The molecular weight excluding hydrogens is 222 g/mol. The van der Waals surface area contributed by atoms with Crippen LogP contribution in [0.5, 0.6) is 0 Å². The number of nitrogens with one attached hydrogen (secondary N) is 2. The fourth-order valence-corrected chi connectivity index (χ4v) is 2.36. The first-order valence-corrected chi connectivity index (χ1v) is 6.24. The molecule has 1 fully saturated rings. The molecule has 3 nitrogen and oxygen atoms in total. The summed E-state index contributed by atoms with van der Waals surface area (Å²) in [5.74, 6) is 0. The second kappa shape index (κ2) is 4.90. The van der Waals surface area contributed by atoms with E-state index < -0.39 is 0 Å². The van der Waals surface area contributed by atoms with Crippen LogP contribution in [-0.4, -0.2) is 12.6 Å². The minimum Gasteiger partial charge on any atom is -0.325 e. The highest BCUT2D eigenvalue weighted by atomic mass is 15.4. The van der Waals surface area contributed by atoms with Gasteiger partial charge in [0.2, 0.25) is 0 Å². The monoisotopic (exact) mass is 239 g/mol. The van der Waals surface area contributed by atoms with Crippen molar-refractivity contribution in [1.82, 2.24) is 10.9 Å². The molecule has 2 atom stereocenters. The molecule has 2 aromatic carbocycles. The Hall–Kier alpha value is -1.68. The van der Waals surface area contributed by atoms with Crippen molar-refractivity contribution in [2.45, 2.75) is 12.1 Å². The third-order valence-corrected chi connectivity index (χ3v) is 3.40.